The number of carbonyl (C=O) groups excluding carboxylic acids is 1. The van der Waals surface area contributed by atoms with Gasteiger partial charge in [-0.1, -0.05) is 6.07 Å². The van der Waals surface area contributed by atoms with E-state index < -0.39 is 0 Å². The summed E-state index contributed by atoms with van der Waals surface area (Å²) in [6.07, 6.45) is 7.02. The Kier molecular flexibility index (Phi) is 4.89. The summed E-state index contributed by atoms with van der Waals surface area (Å²) in [7, 11) is 1.78. The Morgan fingerprint density at radius 1 is 1.10 bits per heavy atom. The first kappa shape index (κ1) is 19.3. The molecule has 0 bridgehead atoms. The molecule has 158 valence electrons. The van der Waals surface area contributed by atoms with Gasteiger partial charge in [0.25, 0.3) is 5.91 Å². The smallest absolute Gasteiger partial charge is 0.330 e. The number of aryl methyl sites for hydroxylation is 1. The largest absolute Gasteiger partial charge is 0.339 e. The van der Waals surface area contributed by atoms with Crippen LogP contribution in [0.25, 0.3) is 16.9 Å². The molecular formula is C23H24N6O2. The molecule has 1 aliphatic heterocycles. The van der Waals surface area contributed by atoms with Crippen LogP contribution in [0.1, 0.15) is 23.2 Å². The molecule has 1 aliphatic rings. The second-order valence-electron chi connectivity index (χ2n) is 8.03. The van der Waals surface area contributed by atoms with Crippen molar-refractivity contribution < 1.29 is 4.79 Å². The molecule has 0 spiro atoms. The maximum Gasteiger partial charge on any atom is 0.330 e. The van der Waals surface area contributed by atoms with Crippen LogP contribution in [0.3, 0.4) is 0 Å². The van der Waals surface area contributed by atoms with E-state index in [1.807, 2.05) is 53.6 Å². The number of nitrogens with zero attached hydrogens (tertiary/aromatic N) is 6. The van der Waals surface area contributed by atoms with Gasteiger partial charge in [0.1, 0.15) is 0 Å². The standard InChI is InChI=1S/C23H24N6O2/c1-26-20-7-3-10-24-21(20)28(23(26)31)16-17-8-13-27(14-9-17)22(30)18-5-2-6-19(15-18)29-12-4-11-25-29/h2-7,10-12,15,17H,8-9,13-14,16H2,1H3. The zero-order valence-corrected chi connectivity index (χ0v) is 17.4. The van der Waals surface area contributed by atoms with Gasteiger partial charge in [0.15, 0.2) is 5.65 Å². The van der Waals surface area contributed by atoms with Gasteiger partial charge >= 0.3 is 5.69 Å². The maximum atomic E-state index is 13.0. The molecule has 3 aromatic heterocycles. The summed E-state index contributed by atoms with van der Waals surface area (Å²) >= 11 is 0. The number of piperidine rings is 1. The van der Waals surface area contributed by atoms with Gasteiger partial charge < -0.3 is 4.90 Å². The van der Waals surface area contributed by atoms with E-state index in [4.69, 9.17) is 0 Å². The van der Waals surface area contributed by atoms with Crippen molar-refractivity contribution >= 4 is 17.1 Å². The minimum absolute atomic E-state index is 0.0384. The molecule has 0 unspecified atom stereocenters. The zero-order chi connectivity index (χ0) is 21.4. The summed E-state index contributed by atoms with van der Waals surface area (Å²) in [5.74, 6) is 0.376. The molecule has 1 aromatic carbocycles. The van der Waals surface area contributed by atoms with E-state index in [1.165, 1.54) is 0 Å². The van der Waals surface area contributed by atoms with Gasteiger partial charge in [0.05, 0.1) is 11.2 Å². The lowest BCUT2D eigenvalue weighted by molar-refractivity contribution is 0.0682. The summed E-state index contributed by atoms with van der Waals surface area (Å²) in [6.45, 7) is 1.99. The van der Waals surface area contributed by atoms with E-state index in [2.05, 4.69) is 10.1 Å². The maximum absolute atomic E-state index is 13.0. The van der Waals surface area contributed by atoms with Crippen molar-refractivity contribution in [2.75, 3.05) is 13.1 Å². The monoisotopic (exact) mass is 416 g/mol. The molecule has 1 amide bonds. The molecule has 4 aromatic rings. The fourth-order valence-corrected chi connectivity index (χ4v) is 4.36. The molecule has 0 saturated carbocycles. The van der Waals surface area contributed by atoms with E-state index in [9.17, 15) is 9.59 Å². The van der Waals surface area contributed by atoms with Gasteiger partial charge in [0.2, 0.25) is 0 Å². The Morgan fingerprint density at radius 3 is 2.71 bits per heavy atom. The third-order valence-electron chi connectivity index (χ3n) is 6.11. The molecule has 1 fully saturated rings. The SMILES string of the molecule is Cn1c(=O)n(CC2CCN(C(=O)c3cccc(-n4cccn4)c3)CC2)c2ncccc21. The number of rotatable bonds is 4. The van der Waals surface area contributed by atoms with Crippen LogP contribution in [0.15, 0.2) is 65.8 Å². The first-order valence-corrected chi connectivity index (χ1v) is 10.5. The highest BCUT2D eigenvalue weighted by atomic mass is 16.2. The highest BCUT2D eigenvalue weighted by Gasteiger charge is 2.25. The first-order valence-electron chi connectivity index (χ1n) is 10.5. The van der Waals surface area contributed by atoms with Crippen molar-refractivity contribution in [3.63, 3.8) is 0 Å². The van der Waals surface area contributed by atoms with E-state index in [1.54, 1.807) is 33.3 Å². The summed E-state index contributed by atoms with van der Waals surface area (Å²) in [5, 5.41) is 4.24. The number of imidazole rings is 1. The van der Waals surface area contributed by atoms with Crippen LogP contribution in [0.5, 0.6) is 0 Å². The lowest BCUT2D eigenvalue weighted by atomic mass is 9.96. The van der Waals surface area contributed by atoms with Gasteiger partial charge in [-0.05, 0) is 55.2 Å². The van der Waals surface area contributed by atoms with Crippen LogP contribution in [-0.2, 0) is 13.6 Å². The average molecular weight is 416 g/mol. The Hall–Kier alpha value is -3.68. The van der Waals surface area contributed by atoms with Crippen molar-refractivity contribution in [2.45, 2.75) is 19.4 Å². The number of fused-ring (bicyclic) bond motifs is 1. The Bertz CT molecular complexity index is 1280. The molecule has 4 heterocycles. The minimum Gasteiger partial charge on any atom is -0.339 e. The number of carbonyl (C=O) groups is 1. The molecule has 0 radical (unpaired) electrons. The third-order valence-corrected chi connectivity index (χ3v) is 6.11. The third kappa shape index (κ3) is 3.54. The lowest BCUT2D eigenvalue weighted by Crippen LogP contribution is -2.40. The van der Waals surface area contributed by atoms with E-state index in [0.717, 1.165) is 29.7 Å². The lowest BCUT2D eigenvalue weighted by Gasteiger charge is -2.32. The second-order valence-corrected chi connectivity index (χ2v) is 8.03. The number of benzene rings is 1. The van der Waals surface area contributed by atoms with Crippen LogP contribution < -0.4 is 5.69 Å². The van der Waals surface area contributed by atoms with Crippen LogP contribution in [-0.4, -0.2) is 47.8 Å². The van der Waals surface area contributed by atoms with E-state index >= 15 is 0 Å². The van der Waals surface area contributed by atoms with Crippen LogP contribution >= 0.6 is 0 Å². The van der Waals surface area contributed by atoms with Gasteiger partial charge in [0, 0.05) is 50.8 Å². The van der Waals surface area contributed by atoms with E-state index in [-0.39, 0.29) is 11.6 Å². The number of pyridine rings is 1. The first-order chi connectivity index (χ1) is 15.1. The van der Waals surface area contributed by atoms with Crippen molar-refractivity contribution in [1.82, 2.24) is 28.8 Å². The van der Waals surface area contributed by atoms with E-state index in [0.29, 0.717) is 31.1 Å². The van der Waals surface area contributed by atoms with Crippen molar-refractivity contribution in [1.29, 1.82) is 0 Å². The second kappa shape index (κ2) is 7.86. The van der Waals surface area contributed by atoms with Crippen LogP contribution in [0.2, 0.25) is 0 Å². The van der Waals surface area contributed by atoms with Gasteiger partial charge in [-0.2, -0.15) is 5.10 Å². The van der Waals surface area contributed by atoms with Gasteiger partial charge in [-0.3, -0.25) is 13.9 Å². The summed E-state index contributed by atoms with van der Waals surface area (Å²) in [4.78, 5) is 32.0. The molecule has 8 heteroatoms. The molecule has 31 heavy (non-hydrogen) atoms. The quantitative estimate of drug-likeness (QED) is 0.512. The average Bonchev–Trinajstić information content (AvgIpc) is 3.44. The van der Waals surface area contributed by atoms with Gasteiger partial charge in [-0.25, -0.2) is 14.5 Å². The highest BCUT2D eigenvalue weighted by Crippen LogP contribution is 2.22. The van der Waals surface area contributed by atoms with Crippen LogP contribution in [0, 0.1) is 5.92 Å². The summed E-state index contributed by atoms with van der Waals surface area (Å²) < 4.78 is 5.16. The van der Waals surface area contributed by atoms with Crippen molar-refractivity contribution in [2.24, 2.45) is 13.0 Å². The molecule has 8 nitrogen and oxygen atoms in total. The zero-order valence-electron chi connectivity index (χ0n) is 17.4. The normalized spacial score (nSPS) is 14.9. The van der Waals surface area contributed by atoms with Gasteiger partial charge in [-0.15, -0.1) is 0 Å². The predicted octanol–water partition coefficient (Wildman–Crippen LogP) is 2.47. The summed E-state index contributed by atoms with van der Waals surface area (Å²) in [5.41, 5.74) is 3.07. The topological polar surface area (TPSA) is 78.0 Å². The number of likely N-dealkylation sites (tertiary alicyclic amines) is 1. The van der Waals surface area contributed by atoms with Crippen molar-refractivity contribution in [3.05, 3.63) is 77.1 Å². The van der Waals surface area contributed by atoms with Crippen molar-refractivity contribution in [3.8, 4) is 5.69 Å². The molecule has 5 rings (SSSR count). The number of hydrogen-bond donors (Lipinski definition) is 0. The fourth-order valence-electron chi connectivity index (χ4n) is 4.36. The number of aromatic nitrogens is 5. The molecule has 0 aliphatic carbocycles. The predicted molar refractivity (Wildman–Crippen MR) is 117 cm³/mol. The molecule has 0 N–H and O–H groups in total. The fraction of sp³-hybridized carbons (Fsp3) is 0.304. The Morgan fingerprint density at radius 2 is 1.94 bits per heavy atom. The Labute approximate surface area is 179 Å². The Balaban J connectivity index is 1.27. The highest BCUT2D eigenvalue weighted by molar-refractivity contribution is 5.94. The molecule has 1 saturated heterocycles. The molecule has 0 atom stereocenters. The van der Waals surface area contributed by atoms with Crippen LogP contribution in [0.4, 0.5) is 0 Å². The number of hydrogen-bond acceptors (Lipinski definition) is 4. The molecular weight excluding hydrogens is 392 g/mol. The summed E-state index contributed by atoms with van der Waals surface area (Å²) in [6, 6.07) is 13.2. The minimum atomic E-state index is -0.0392. The number of amides is 1.